The van der Waals surface area contributed by atoms with Crippen molar-refractivity contribution in [3.05, 3.63) is 71.1 Å². The number of hydrogen-bond donors (Lipinski definition) is 2. The minimum absolute atomic E-state index is 0.0499. The Kier molecular flexibility index (Phi) is 6.15. The Hall–Kier alpha value is -4.33. The Balaban J connectivity index is 1.71. The summed E-state index contributed by atoms with van der Waals surface area (Å²) < 4.78 is 51.3. The molecular weight excluding hydrogens is 508 g/mol. The van der Waals surface area contributed by atoms with Gasteiger partial charge in [0.25, 0.3) is 5.91 Å². The summed E-state index contributed by atoms with van der Waals surface area (Å²) in [4.78, 5) is 58.5. The molecule has 2 aliphatic heterocycles. The third-order valence-corrected chi connectivity index (χ3v) is 6.88. The number of likely N-dealkylation sites (tertiary alicyclic amines) is 1. The molecule has 2 aromatic carbocycles. The maximum absolute atomic E-state index is 14.2. The number of amides is 4. The third-order valence-electron chi connectivity index (χ3n) is 6.88. The van der Waals surface area contributed by atoms with Gasteiger partial charge in [-0.3, -0.25) is 28.9 Å². The fourth-order valence-electron chi connectivity index (χ4n) is 5.03. The topological polar surface area (TPSA) is 103 Å². The second kappa shape index (κ2) is 10.1. The minimum atomic E-state index is -3.30. The first-order valence-corrected chi connectivity index (χ1v) is 12.2. The molecule has 11 heteroatoms. The largest absolute Gasteiger partial charge is 0.325 e. The van der Waals surface area contributed by atoms with Gasteiger partial charge in [0.15, 0.2) is 11.6 Å². The molecular formula is C28H29F2N5O4. The summed E-state index contributed by atoms with van der Waals surface area (Å²) in [6.07, 6.45) is -1.42. The van der Waals surface area contributed by atoms with Gasteiger partial charge in [-0.2, -0.15) is 0 Å². The molecule has 0 saturated carbocycles. The van der Waals surface area contributed by atoms with E-state index in [1.807, 2.05) is 0 Å². The molecule has 2 aliphatic rings. The van der Waals surface area contributed by atoms with E-state index in [4.69, 9.17) is 10.7 Å². The lowest BCUT2D eigenvalue weighted by Gasteiger charge is -2.34. The Morgan fingerprint density at radius 1 is 1.26 bits per heavy atom. The monoisotopic (exact) mass is 540 g/mol. The summed E-state index contributed by atoms with van der Waals surface area (Å²) in [5, 5.41) is 4.83. The van der Waals surface area contributed by atoms with Crippen LogP contribution in [-0.2, 0) is 24.6 Å². The Labute approximate surface area is 229 Å². The van der Waals surface area contributed by atoms with Crippen molar-refractivity contribution >= 4 is 35.0 Å². The van der Waals surface area contributed by atoms with Crippen molar-refractivity contribution in [2.45, 2.75) is 51.2 Å². The Morgan fingerprint density at radius 3 is 2.62 bits per heavy atom. The first-order valence-electron chi connectivity index (χ1n) is 13.7. The SMILES string of the molecule is [2H]C([2H])([2H])N(C(=O)C(=O)Nc1ccc(F)c(F)c1)[C@@H](CC(C)(C)C)C(=O)N1C[C@]2(C[C@H]1[N+]#[C-])C(=O)Nc1ccccc12. The summed E-state index contributed by atoms with van der Waals surface area (Å²) in [6, 6.07) is 7.45. The average molecular weight is 541 g/mol. The summed E-state index contributed by atoms with van der Waals surface area (Å²) in [7, 11) is 0. The van der Waals surface area contributed by atoms with Crippen LogP contribution in [0.5, 0.6) is 0 Å². The lowest BCUT2D eigenvalue weighted by atomic mass is 9.80. The van der Waals surface area contributed by atoms with Gasteiger partial charge < -0.3 is 15.5 Å². The number of fused-ring (bicyclic) bond motifs is 2. The van der Waals surface area contributed by atoms with E-state index in [2.05, 4.69) is 15.5 Å². The predicted octanol–water partition coefficient (Wildman–Crippen LogP) is 3.53. The molecule has 0 aliphatic carbocycles. The number of nitrogens with zero attached hydrogens (tertiary/aromatic N) is 3. The van der Waals surface area contributed by atoms with Crippen molar-refractivity contribution < 1.29 is 32.1 Å². The van der Waals surface area contributed by atoms with Gasteiger partial charge in [-0.25, -0.2) is 15.4 Å². The molecule has 1 spiro atoms. The molecule has 2 N–H and O–H groups in total. The van der Waals surface area contributed by atoms with Gasteiger partial charge in [0.1, 0.15) is 11.5 Å². The van der Waals surface area contributed by atoms with Crippen LogP contribution in [0.2, 0.25) is 0 Å². The molecule has 204 valence electrons. The van der Waals surface area contributed by atoms with Crippen molar-refractivity contribution in [1.29, 1.82) is 0 Å². The highest BCUT2D eigenvalue weighted by Gasteiger charge is 2.59. The van der Waals surface area contributed by atoms with Crippen LogP contribution >= 0.6 is 0 Å². The maximum atomic E-state index is 14.2. The normalized spacial score (nSPS) is 22.2. The third kappa shape index (κ3) is 5.19. The second-order valence-electron chi connectivity index (χ2n) is 10.9. The number of likely N-dealkylation sites (N-methyl/N-ethyl adjacent to an activating group) is 1. The van der Waals surface area contributed by atoms with Crippen LogP contribution < -0.4 is 10.6 Å². The van der Waals surface area contributed by atoms with Gasteiger partial charge in [0, 0.05) is 35.1 Å². The van der Waals surface area contributed by atoms with Crippen molar-refractivity contribution in [2.75, 3.05) is 24.2 Å². The molecule has 4 amide bonds. The average Bonchev–Trinajstić information content (AvgIpc) is 3.41. The van der Waals surface area contributed by atoms with Crippen molar-refractivity contribution in [3.8, 4) is 0 Å². The number of hydrogen-bond acceptors (Lipinski definition) is 4. The zero-order valence-electron chi connectivity index (χ0n) is 24.5. The number of carbonyl (C=O) groups excluding carboxylic acids is 4. The van der Waals surface area contributed by atoms with Crippen LogP contribution in [0, 0.1) is 23.6 Å². The van der Waals surface area contributed by atoms with Crippen molar-refractivity contribution in [3.63, 3.8) is 0 Å². The molecule has 0 bridgehead atoms. The molecule has 39 heavy (non-hydrogen) atoms. The van der Waals surface area contributed by atoms with E-state index in [1.165, 1.54) is 0 Å². The summed E-state index contributed by atoms with van der Waals surface area (Å²) in [5.41, 5.74) is -1.17. The van der Waals surface area contributed by atoms with E-state index in [-0.39, 0.29) is 30.0 Å². The van der Waals surface area contributed by atoms with Crippen LogP contribution in [0.4, 0.5) is 20.2 Å². The first kappa shape index (κ1) is 23.8. The molecule has 2 heterocycles. The maximum Gasteiger partial charge on any atom is 0.313 e. The van der Waals surface area contributed by atoms with Crippen molar-refractivity contribution in [2.24, 2.45) is 5.41 Å². The number of anilines is 2. The van der Waals surface area contributed by atoms with Gasteiger partial charge in [-0.1, -0.05) is 39.0 Å². The number of benzene rings is 2. The van der Waals surface area contributed by atoms with Gasteiger partial charge in [-0.15, -0.1) is 0 Å². The van der Waals surface area contributed by atoms with E-state index in [9.17, 15) is 28.0 Å². The predicted molar refractivity (Wildman–Crippen MR) is 139 cm³/mol. The van der Waals surface area contributed by atoms with Gasteiger partial charge in [0.2, 0.25) is 5.91 Å². The molecule has 2 aromatic rings. The number of nitrogens with one attached hydrogen (secondary N) is 2. The van der Waals surface area contributed by atoms with Crippen LogP contribution in [0.1, 0.15) is 43.3 Å². The number of halogens is 2. The lowest BCUT2D eigenvalue weighted by Crippen LogP contribution is -2.54. The van der Waals surface area contributed by atoms with Gasteiger partial charge in [-0.05, 0) is 35.6 Å². The standard InChI is InChI=1S/C28H29F2N5O4/c1-27(2,3)13-21(34(5)25(38)23(36)32-16-10-11-18(29)19(30)12-16)24(37)35-15-28(14-22(35)31-4)17-8-6-7-9-20(17)33-26(28)39/h6-12,21-22H,13-15H2,1-3,5H3,(H,32,36)(H,33,39)/t21-,22-,28-/m0/s1/i5D3. The van der Waals surface area contributed by atoms with Crippen LogP contribution in [0.3, 0.4) is 0 Å². The van der Waals surface area contributed by atoms with E-state index < -0.39 is 65.3 Å². The number of rotatable bonds is 4. The Morgan fingerprint density at radius 2 is 1.97 bits per heavy atom. The number of para-hydroxylation sites is 1. The highest BCUT2D eigenvalue weighted by Crippen LogP contribution is 2.47. The van der Waals surface area contributed by atoms with E-state index in [0.717, 1.165) is 11.0 Å². The molecule has 0 unspecified atom stereocenters. The summed E-state index contributed by atoms with van der Waals surface area (Å²) in [5.74, 6) is -6.93. The summed E-state index contributed by atoms with van der Waals surface area (Å²) >= 11 is 0. The quantitative estimate of drug-likeness (QED) is 0.458. The summed E-state index contributed by atoms with van der Waals surface area (Å²) in [6.45, 7) is 9.34. The molecule has 4 rings (SSSR count). The number of carbonyl (C=O) groups is 4. The molecule has 9 nitrogen and oxygen atoms in total. The smallest absolute Gasteiger partial charge is 0.313 e. The van der Waals surface area contributed by atoms with Crippen LogP contribution in [0.25, 0.3) is 4.85 Å². The molecule has 1 fully saturated rings. The van der Waals surface area contributed by atoms with Crippen LogP contribution in [-0.4, -0.2) is 59.2 Å². The lowest BCUT2D eigenvalue weighted by molar-refractivity contribution is -0.150. The van der Waals surface area contributed by atoms with Crippen molar-refractivity contribution in [1.82, 2.24) is 9.80 Å². The van der Waals surface area contributed by atoms with Crippen LogP contribution in [0.15, 0.2) is 42.5 Å². The van der Waals surface area contributed by atoms with Gasteiger partial charge in [0.05, 0.1) is 6.42 Å². The van der Waals surface area contributed by atoms with E-state index >= 15 is 0 Å². The fourth-order valence-corrected chi connectivity index (χ4v) is 5.03. The van der Waals surface area contributed by atoms with E-state index in [1.54, 1.807) is 45.0 Å². The zero-order chi connectivity index (χ0) is 31.2. The molecule has 0 radical (unpaired) electrons. The highest BCUT2D eigenvalue weighted by atomic mass is 19.2. The first-order chi connectivity index (χ1) is 19.5. The Bertz CT molecular complexity index is 1500. The fraction of sp³-hybridized carbons (Fsp3) is 0.393. The zero-order valence-corrected chi connectivity index (χ0v) is 21.5. The second-order valence-corrected chi connectivity index (χ2v) is 10.9. The molecule has 1 saturated heterocycles. The highest BCUT2D eigenvalue weighted by molar-refractivity contribution is 6.39. The molecule has 3 atom stereocenters. The molecule has 0 aromatic heterocycles. The minimum Gasteiger partial charge on any atom is -0.325 e. The van der Waals surface area contributed by atoms with E-state index in [0.29, 0.717) is 23.4 Å². The van der Waals surface area contributed by atoms with Gasteiger partial charge >= 0.3 is 18.0 Å².